The summed E-state index contributed by atoms with van der Waals surface area (Å²) >= 11 is 0. The summed E-state index contributed by atoms with van der Waals surface area (Å²) in [6, 6.07) is 18.0. The van der Waals surface area contributed by atoms with Gasteiger partial charge in [-0.2, -0.15) is 0 Å². The predicted molar refractivity (Wildman–Crippen MR) is 257 cm³/mol. The summed E-state index contributed by atoms with van der Waals surface area (Å²) in [6.45, 7) is 0. The first-order chi connectivity index (χ1) is 22.2. The maximum Gasteiger partial charge on any atom is 0.139 e. The molecule has 0 saturated heterocycles. The average Bonchev–Trinajstić information content (AvgIpc) is 3.05. The Labute approximate surface area is 294 Å². The number of hydrogen-bond acceptors (Lipinski definition) is 1. The Morgan fingerprint density at radius 1 is 0.298 bits per heavy atom. The van der Waals surface area contributed by atoms with Crippen molar-refractivity contribution in [1.82, 2.24) is 0 Å². The third kappa shape index (κ3) is 5.15. The molecule has 0 saturated carbocycles. The largest absolute Gasteiger partial charge is 0.355 e. The second-order valence-electron chi connectivity index (χ2n) is 14.3. The number of hydrogen-bond donors (Lipinski definition) is 1. The average molecular weight is 587 g/mol. The minimum atomic E-state index is 1.10. The molecule has 47 heavy (non-hydrogen) atoms. The van der Waals surface area contributed by atoms with E-state index in [0.717, 1.165) is 11.4 Å². The molecule has 0 bridgehead atoms. The molecule has 0 spiro atoms. The van der Waals surface area contributed by atoms with Gasteiger partial charge in [0.2, 0.25) is 0 Å². The van der Waals surface area contributed by atoms with Gasteiger partial charge in [0.1, 0.15) is 110 Å². The van der Waals surface area contributed by atoms with Gasteiger partial charge in [-0.3, -0.25) is 0 Å². The minimum Gasteiger partial charge on any atom is -0.355 e. The van der Waals surface area contributed by atoms with E-state index in [2.05, 4.69) is 164 Å². The Morgan fingerprint density at radius 3 is 0.894 bits per heavy atom. The third-order valence-corrected chi connectivity index (χ3v) is 12.2. The lowest BCUT2D eigenvalue weighted by molar-refractivity contribution is 1.55. The molecule has 0 unspecified atom stereocenters. The van der Waals surface area contributed by atoms with Crippen LogP contribution in [0.15, 0.2) is 48.5 Å². The summed E-state index contributed by atoms with van der Waals surface area (Å²) in [4.78, 5) is 0. The summed E-state index contributed by atoms with van der Waals surface area (Å²) in [5, 5.41) is 9.44. The molecule has 0 aliphatic carbocycles. The maximum atomic E-state index is 3.80. The first-order valence-corrected chi connectivity index (χ1v) is 17.1. The molecule has 6 rings (SSSR count). The van der Waals surface area contributed by atoms with Gasteiger partial charge in [-0.25, -0.2) is 0 Å². The number of fused-ring (bicyclic) bond motifs is 2. The normalized spacial score (nSPS) is 11.3. The van der Waals surface area contributed by atoms with Gasteiger partial charge < -0.3 is 5.32 Å². The van der Waals surface area contributed by atoms with Crippen molar-refractivity contribution in [3.8, 4) is 22.3 Å². The third-order valence-electron chi connectivity index (χ3n) is 12.2. The molecule has 1 N–H and O–H groups in total. The molecule has 0 amide bonds. The van der Waals surface area contributed by atoms with Gasteiger partial charge in [-0.05, 0) is 68.1 Å². The van der Waals surface area contributed by atoms with Gasteiger partial charge in [-0.1, -0.05) is 68.0 Å². The van der Waals surface area contributed by atoms with Gasteiger partial charge in [0.05, 0.1) is 0 Å². The van der Waals surface area contributed by atoms with Crippen LogP contribution in [0.3, 0.4) is 0 Å². The van der Waals surface area contributed by atoms with Crippen LogP contribution in [0.2, 0.25) is 0 Å². The Kier molecular flexibility index (Phi) is 8.69. The fourth-order valence-corrected chi connectivity index (χ4v) is 8.27. The lowest BCUT2D eigenvalue weighted by Crippen LogP contribution is -2.52. The van der Waals surface area contributed by atoms with E-state index in [0.29, 0.717) is 0 Å². The van der Waals surface area contributed by atoms with Crippen LogP contribution in [-0.4, -0.2) is 110 Å². The summed E-state index contributed by atoms with van der Waals surface area (Å²) in [6.07, 6.45) is 0. The number of rotatable bonds is 4. The smallest absolute Gasteiger partial charge is 0.139 e. The molecule has 0 heterocycles. The standard InChI is InChI=1S/C32H37B14N/c33-19-13(15-17(23(37)27(19)41)25(39)31(45)29(43)21(15)35)9-3-1-5-11(7-9)47-12-6-2-4-10(8-12)14-16-18(24(38)28(42)20(14)34)26(40)32(46)30(44)22(16)36/h1-8,47H,33-46H2. The van der Waals surface area contributed by atoms with Crippen LogP contribution in [0.1, 0.15) is 0 Å². The molecular weight excluding hydrogens is 550 g/mol. The SMILES string of the molecule is Bc1c(B)c(B)c2c(-c3cccc(Nc4cccc(-c5c(B)c(B)c(B)c6c(B)c(B)c(B)c(B)c56)c4)c3)c(B)c(B)c(B)c2c1B. The van der Waals surface area contributed by atoms with Crippen molar-refractivity contribution in [3.05, 3.63) is 48.5 Å². The minimum absolute atomic E-state index is 1.10. The highest BCUT2D eigenvalue weighted by Gasteiger charge is 2.21. The zero-order valence-electron chi connectivity index (χ0n) is 31.1. The van der Waals surface area contributed by atoms with Crippen LogP contribution in [-0.2, 0) is 0 Å². The summed E-state index contributed by atoms with van der Waals surface area (Å²) in [7, 11) is 32.1. The zero-order valence-corrected chi connectivity index (χ0v) is 31.1. The van der Waals surface area contributed by atoms with Crippen molar-refractivity contribution in [2.24, 2.45) is 0 Å². The van der Waals surface area contributed by atoms with Crippen molar-refractivity contribution >= 4 is 219 Å². The van der Waals surface area contributed by atoms with Crippen molar-refractivity contribution in [2.75, 3.05) is 5.32 Å². The van der Waals surface area contributed by atoms with E-state index in [1.807, 2.05) is 0 Å². The van der Waals surface area contributed by atoms with Crippen LogP contribution in [0.25, 0.3) is 43.8 Å². The lowest BCUT2D eigenvalue weighted by Gasteiger charge is -2.25. The second kappa shape index (κ2) is 12.2. The molecule has 6 aromatic rings. The highest BCUT2D eigenvalue weighted by Crippen LogP contribution is 2.30. The Morgan fingerprint density at radius 2 is 0.574 bits per heavy atom. The van der Waals surface area contributed by atoms with E-state index in [9.17, 15) is 0 Å². The van der Waals surface area contributed by atoms with Crippen LogP contribution < -0.4 is 81.8 Å². The molecule has 6 aromatic carbocycles. The molecule has 1 nitrogen and oxygen atoms in total. The van der Waals surface area contributed by atoms with E-state index in [4.69, 9.17) is 0 Å². The second-order valence-corrected chi connectivity index (χ2v) is 14.3. The van der Waals surface area contributed by atoms with Crippen LogP contribution >= 0.6 is 0 Å². The number of benzene rings is 6. The van der Waals surface area contributed by atoms with Crippen LogP contribution in [0.5, 0.6) is 0 Å². The van der Waals surface area contributed by atoms with Crippen molar-refractivity contribution in [2.45, 2.75) is 0 Å². The molecule has 0 fully saturated rings. The van der Waals surface area contributed by atoms with E-state index in [-0.39, 0.29) is 0 Å². The summed E-state index contributed by atoms with van der Waals surface area (Å²) in [5.41, 5.74) is 27.0. The van der Waals surface area contributed by atoms with E-state index < -0.39 is 0 Å². The van der Waals surface area contributed by atoms with E-state index >= 15 is 0 Å². The number of anilines is 2. The maximum absolute atomic E-state index is 3.80. The quantitative estimate of drug-likeness (QED) is 0.203. The molecule has 0 aliphatic rings. The van der Waals surface area contributed by atoms with Crippen molar-refractivity contribution in [1.29, 1.82) is 0 Å². The molecule has 0 radical (unpaired) electrons. The van der Waals surface area contributed by atoms with Crippen LogP contribution in [0.4, 0.5) is 11.4 Å². The van der Waals surface area contributed by atoms with Crippen LogP contribution in [0, 0.1) is 0 Å². The van der Waals surface area contributed by atoms with Crippen molar-refractivity contribution in [3.63, 3.8) is 0 Å². The monoisotopic (exact) mass is 589 g/mol. The Bertz CT molecular complexity index is 2160. The summed E-state index contributed by atoms with van der Waals surface area (Å²) in [5.74, 6) is 0. The van der Waals surface area contributed by atoms with Gasteiger partial charge in [0.15, 0.2) is 0 Å². The fourth-order valence-electron chi connectivity index (χ4n) is 8.27. The van der Waals surface area contributed by atoms with E-state index in [1.54, 1.807) is 0 Å². The Hall–Kier alpha value is -3.45. The lowest BCUT2D eigenvalue weighted by atomic mass is 9.59. The van der Waals surface area contributed by atoms with Gasteiger partial charge in [0, 0.05) is 11.4 Å². The van der Waals surface area contributed by atoms with Gasteiger partial charge in [-0.15, -0.1) is 32.8 Å². The Balaban J connectivity index is 1.51. The molecule has 15 heteroatoms. The molecular formula is C32H37B14N. The van der Waals surface area contributed by atoms with Crippen molar-refractivity contribution < 1.29 is 0 Å². The topological polar surface area (TPSA) is 12.0 Å². The fraction of sp³-hybridized carbons (Fsp3) is 0. The summed E-state index contributed by atoms with van der Waals surface area (Å²) < 4.78 is 0. The zero-order chi connectivity index (χ0) is 34.2. The first-order valence-electron chi connectivity index (χ1n) is 17.1. The molecule has 0 atom stereocenters. The predicted octanol–water partition coefficient (Wildman–Crippen LogP) is -15.3. The highest BCUT2D eigenvalue weighted by molar-refractivity contribution is 6.73. The molecule has 212 valence electrons. The molecule has 0 aromatic heterocycles. The van der Waals surface area contributed by atoms with E-state index in [1.165, 1.54) is 120 Å². The van der Waals surface area contributed by atoms with Gasteiger partial charge >= 0.3 is 0 Å². The number of nitrogens with one attached hydrogen (secondary N) is 1. The highest BCUT2D eigenvalue weighted by atomic mass is 14.9. The first kappa shape index (κ1) is 33.5. The molecule has 0 aliphatic heterocycles. The van der Waals surface area contributed by atoms with Gasteiger partial charge in [0.25, 0.3) is 0 Å².